The Bertz CT molecular complexity index is 2830. The molecule has 4 aliphatic rings. The number of carbonyl (C=O) groups is 2. The third-order valence-corrected chi connectivity index (χ3v) is 13.2. The zero-order valence-corrected chi connectivity index (χ0v) is 39.3. The van der Waals surface area contributed by atoms with Crippen molar-refractivity contribution in [1.29, 1.82) is 0 Å². The second-order valence-corrected chi connectivity index (χ2v) is 18.3. The molecule has 0 saturated carbocycles. The van der Waals surface area contributed by atoms with E-state index in [0.29, 0.717) is 60.5 Å². The first-order chi connectivity index (χ1) is 32.3. The summed E-state index contributed by atoms with van der Waals surface area (Å²) in [5, 5.41) is 9.95. The third kappa shape index (κ3) is 10.6. The predicted octanol–water partition coefficient (Wildman–Crippen LogP) is 7.69. The molecule has 10 rings (SSSR count). The van der Waals surface area contributed by atoms with Crippen LogP contribution in [0.4, 0.5) is 0 Å². The Morgan fingerprint density at radius 2 is 1.13 bits per heavy atom. The summed E-state index contributed by atoms with van der Waals surface area (Å²) in [6.45, 7) is 15.1. The van der Waals surface area contributed by atoms with Crippen LogP contribution in [0.1, 0.15) is 97.4 Å². The van der Waals surface area contributed by atoms with Gasteiger partial charge in [-0.2, -0.15) is 0 Å². The van der Waals surface area contributed by atoms with Gasteiger partial charge in [-0.1, -0.05) is 55.5 Å². The predicted molar refractivity (Wildman–Crippen MR) is 257 cm³/mol. The van der Waals surface area contributed by atoms with Gasteiger partial charge in [0, 0.05) is 64.3 Å². The summed E-state index contributed by atoms with van der Waals surface area (Å²) in [7, 11) is 0. The van der Waals surface area contributed by atoms with E-state index in [1.54, 1.807) is 40.2 Å². The number of ether oxygens (including phenoxy) is 4. The molecular formula is C53H61N5O9. The second-order valence-electron chi connectivity index (χ2n) is 18.3. The SMILES string of the molecule is CCn1cc(C(=O)N2C[C@@H](C)OC[C@H]2C)c(=O)c2cc(OC3Cc4ccccc4C3)cnc21.CCn1cc(C(=O)O)c(=O)c2cc(OC3Cc4ccccc4C3)cnc21.C[C@H]1CC[C@@H](C)OC1. The Balaban J connectivity index is 0.000000159. The van der Waals surface area contributed by atoms with Crippen LogP contribution < -0.4 is 20.3 Å². The number of carbonyl (C=O) groups excluding carboxylic acids is 1. The molecule has 67 heavy (non-hydrogen) atoms. The molecule has 2 saturated heterocycles. The van der Waals surface area contributed by atoms with Gasteiger partial charge in [-0.15, -0.1) is 0 Å². The number of morpholine rings is 1. The van der Waals surface area contributed by atoms with Crippen molar-refractivity contribution >= 4 is 33.9 Å². The van der Waals surface area contributed by atoms with Gasteiger partial charge >= 0.3 is 5.97 Å². The molecule has 1 N–H and O–H groups in total. The van der Waals surface area contributed by atoms with Gasteiger partial charge < -0.3 is 38.1 Å². The van der Waals surface area contributed by atoms with Crippen molar-refractivity contribution in [1.82, 2.24) is 24.0 Å². The molecule has 4 aromatic heterocycles. The summed E-state index contributed by atoms with van der Waals surface area (Å²) in [6.07, 6.45) is 12.6. The average molecular weight is 912 g/mol. The lowest BCUT2D eigenvalue weighted by Crippen LogP contribution is -2.51. The zero-order chi connectivity index (χ0) is 47.4. The Hall–Kier alpha value is -6.38. The van der Waals surface area contributed by atoms with Crippen LogP contribution in [-0.4, -0.2) is 91.2 Å². The molecule has 14 nitrogen and oxygen atoms in total. The standard InChI is InChI=1S/C26H29N3O4.C20H18N2O4.C7H14O/c1-4-28-14-23(26(31)29-13-17(3)32-15-16(29)2)24(30)22-11-21(12-27-25(22)28)33-20-9-18-7-5-6-8-19(18)10-20;1-2-22-11-17(20(24)25)18(23)16-9-15(10-21-19(16)22)26-14-7-12-5-3-4-6-13(12)8-14;1-6-3-4-7(2)8-5-6/h5-8,11-12,14,16-17,20H,4,9-10,13,15H2,1-3H3;3-6,9-11,14H,2,7-8H2,1H3,(H,24,25);6-7H,3-5H2,1-2H3/t16-,17-;;6-,7+/m1.0/s1. The minimum absolute atomic E-state index is 0.00977. The topological polar surface area (TPSA) is 164 Å². The largest absolute Gasteiger partial charge is 0.488 e. The van der Waals surface area contributed by atoms with Crippen LogP contribution in [0.25, 0.3) is 22.1 Å². The van der Waals surface area contributed by atoms with Crippen LogP contribution in [0, 0.1) is 5.92 Å². The first-order valence-corrected chi connectivity index (χ1v) is 23.6. The van der Waals surface area contributed by atoms with E-state index < -0.39 is 11.4 Å². The maximum atomic E-state index is 13.4. The molecule has 14 heteroatoms. The van der Waals surface area contributed by atoms with E-state index in [4.69, 9.17) is 18.9 Å². The lowest BCUT2D eigenvalue weighted by Gasteiger charge is -2.36. The summed E-state index contributed by atoms with van der Waals surface area (Å²) < 4.78 is 26.8. The van der Waals surface area contributed by atoms with Crippen LogP contribution >= 0.6 is 0 Å². The van der Waals surface area contributed by atoms with Crippen molar-refractivity contribution in [3.05, 3.63) is 139 Å². The highest BCUT2D eigenvalue weighted by atomic mass is 16.5. The van der Waals surface area contributed by atoms with Gasteiger partial charge in [0.15, 0.2) is 0 Å². The summed E-state index contributed by atoms with van der Waals surface area (Å²) in [5.41, 5.74) is 5.22. The molecule has 0 unspecified atom stereocenters. The van der Waals surface area contributed by atoms with E-state index in [9.17, 15) is 24.3 Å². The molecule has 352 valence electrons. The number of hydrogen-bond donors (Lipinski definition) is 1. The maximum absolute atomic E-state index is 13.4. The summed E-state index contributed by atoms with van der Waals surface area (Å²) in [5.74, 6) is 0.336. The number of carboxylic acids is 1. The molecule has 2 fully saturated rings. The normalized spacial score (nSPS) is 20.3. The number of aromatic nitrogens is 4. The number of hydrogen-bond acceptors (Lipinski definition) is 10. The van der Waals surface area contributed by atoms with Crippen molar-refractivity contribution in [2.24, 2.45) is 5.92 Å². The van der Waals surface area contributed by atoms with Crippen LogP contribution in [0.15, 0.2) is 95.0 Å². The molecule has 6 aromatic rings. The molecule has 4 atom stereocenters. The van der Waals surface area contributed by atoms with E-state index in [0.717, 1.165) is 38.2 Å². The molecule has 0 bridgehead atoms. The quantitative estimate of drug-likeness (QED) is 0.159. The fraction of sp³-hybridized carbons (Fsp3) is 0.434. The maximum Gasteiger partial charge on any atom is 0.341 e. The molecule has 6 heterocycles. The fourth-order valence-corrected chi connectivity index (χ4v) is 9.37. The number of aromatic carboxylic acids is 1. The highest BCUT2D eigenvalue weighted by Gasteiger charge is 2.31. The van der Waals surface area contributed by atoms with Gasteiger partial charge in [-0.05, 0) is 87.8 Å². The molecule has 0 radical (unpaired) electrons. The summed E-state index contributed by atoms with van der Waals surface area (Å²) >= 11 is 0. The Labute approximate surface area is 390 Å². The highest BCUT2D eigenvalue weighted by molar-refractivity contribution is 5.97. The number of pyridine rings is 4. The van der Waals surface area contributed by atoms with Crippen molar-refractivity contribution in [2.45, 2.75) is 124 Å². The molecule has 0 spiro atoms. The number of rotatable bonds is 8. The lowest BCUT2D eigenvalue weighted by atomic mass is 10.0. The first-order valence-electron chi connectivity index (χ1n) is 23.6. The van der Waals surface area contributed by atoms with Crippen molar-refractivity contribution in [3.8, 4) is 11.5 Å². The van der Waals surface area contributed by atoms with E-state index in [2.05, 4.69) is 48.1 Å². The number of fused-ring (bicyclic) bond motifs is 4. The minimum Gasteiger partial charge on any atom is -0.488 e. The molecule has 2 aliphatic heterocycles. The van der Waals surface area contributed by atoms with Gasteiger partial charge in [0.2, 0.25) is 10.9 Å². The molecule has 1 amide bonds. The monoisotopic (exact) mass is 911 g/mol. The van der Waals surface area contributed by atoms with E-state index in [1.807, 2.05) is 56.5 Å². The van der Waals surface area contributed by atoms with Gasteiger partial charge in [0.1, 0.15) is 46.1 Å². The van der Waals surface area contributed by atoms with Crippen LogP contribution in [0.2, 0.25) is 0 Å². The number of carboxylic acid groups (broad SMARTS) is 1. The number of nitrogens with zero attached hydrogens (tertiary/aromatic N) is 5. The average Bonchev–Trinajstić information content (AvgIpc) is 3.94. The first kappa shape index (κ1) is 47.1. The van der Waals surface area contributed by atoms with Crippen molar-refractivity contribution in [2.75, 3.05) is 19.8 Å². The third-order valence-electron chi connectivity index (χ3n) is 13.2. The Morgan fingerprint density at radius 1 is 0.672 bits per heavy atom. The van der Waals surface area contributed by atoms with Gasteiger partial charge in [-0.3, -0.25) is 14.4 Å². The minimum atomic E-state index is -1.24. The molecule has 2 aromatic carbocycles. The number of benzene rings is 2. The highest BCUT2D eigenvalue weighted by Crippen LogP contribution is 2.29. The zero-order valence-electron chi connectivity index (χ0n) is 39.3. The van der Waals surface area contributed by atoms with Gasteiger partial charge in [0.05, 0.1) is 48.0 Å². The molecular weight excluding hydrogens is 851 g/mol. The van der Waals surface area contributed by atoms with E-state index >= 15 is 0 Å². The van der Waals surface area contributed by atoms with Crippen LogP contribution in [0.5, 0.6) is 11.5 Å². The second kappa shape index (κ2) is 20.6. The number of amides is 1. The van der Waals surface area contributed by atoms with Gasteiger partial charge in [0.25, 0.3) is 5.91 Å². The number of aryl methyl sites for hydroxylation is 2. The van der Waals surface area contributed by atoms with Crippen molar-refractivity contribution < 1.29 is 33.6 Å². The fourth-order valence-electron chi connectivity index (χ4n) is 9.37. The van der Waals surface area contributed by atoms with E-state index in [1.165, 1.54) is 41.3 Å². The van der Waals surface area contributed by atoms with Crippen LogP contribution in [-0.2, 0) is 48.2 Å². The lowest BCUT2D eigenvalue weighted by molar-refractivity contribution is -0.0387. The van der Waals surface area contributed by atoms with E-state index in [-0.39, 0.29) is 52.2 Å². The molecule has 2 aliphatic carbocycles. The van der Waals surface area contributed by atoms with Gasteiger partial charge in [-0.25, -0.2) is 14.8 Å². The van der Waals surface area contributed by atoms with Crippen LogP contribution in [0.3, 0.4) is 0 Å². The Morgan fingerprint density at radius 3 is 1.57 bits per heavy atom. The Kier molecular flexibility index (Phi) is 14.5. The van der Waals surface area contributed by atoms with Crippen molar-refractivity contribution in [3.63, 3.8) is 0 Å². The smallest absolute Gasteiger partial charge is 0.341 e. The summed E-state index contributed by atoms with van der Waals surface area (Å²) in [4.78, 5) is 61.3. The summed E-state index contributed by atoms with van der Waals surface area (Å²) in [6, 6.07) is 19.8.